The molecule has 18 aromatic carbocycles. The van der Waals surface area contributed by atoms with Crippen molar-refractivity contribution in [3.8, 4) is 89.8 Å². The Labute approximate surface area is 821 Å². The van der Waals surface area contributed by atoms with Gasteiger partial charge in [0.2, 0.25) is 32.6 Å². The molecule has 25 heteroatoms. The predicted octanol–water partition coefficient (Wildman–Crippen LogP) is 29.0. The fourth-order valence-electron chi connectivity index (χ4n) is 17.9. The minimum atomic E-state index is -4.86. The van der Waals surface area contributed by atoms with Gasteiger partial charge in [-0.05, 0) is 137 Å². The van der Waals surface area contributed by atoms with E-state index in [4.69, 9.17) is 40.7 Å². The number of carbonyl (C=O) groups excluding carboxylic acids is 2. The Bertz CT molecular complexity index is 9670. The molecule has 0 amide bonds. The lowest BCUT2D eigenvalue weighted by atomic mass is 9.98. The second-order valence-electron chi connectivity index (χ2n) is 33.3. The highest BCUT2D eigenvalue weighted by Gasteiger charge is 2.36. The van der Waals surface area contributed by atoms with E-state index >= 15 is 0 Å². The summed E-state index contributed by atoms with van der Waals surface area (Å²) in [7, 11) is 2.91. The van der Waals surface area contributed by atoms with Gasteiger partial charge in [0.25, 0.3) is 0 Å². The van der Waals surface area contributed by atoms with Crippen molar-refractivity contribution < 1.29 is 86.5 Å². The van der Waals surface area contributed by atoms with Crippen LogP contribution in [-0.2, 0) is 15.7 Å². The largest absolute Gasteiger partial charge is 0.573 e. The molecule has 0 fully saturated rings. The first-order valence-electron chi connectivity index (χ1n) is 45.3. The number of alkyl halides is 6. The van der Waals surface area contributed by atoms with Crippen LogP contribution >= 0.6 is 0 Å². The molecular weight excluding hydrogens is 1870 g/mol. The van der Waals surface area contributed by atoms with Gasteiger partial charge in [-0.2, -0.15) is 13.2 Å². The van der Waals surface area contributed by atoms with E-state index < -0.39 is 46.6 Å². The van der Waals surface area contributed by atoms with E-state index in [2.05, 4.69) is 4.74 Å². The van der Waals surface area contributed by atoms with Crippen molar-refractivity contribution >= 4 is 142 Å². The topological polar surface area (TPSA) is 273 Å². The van der Waals surface area contributed by atoms with Gasteiger partial charge in [0, 0.05) is 40.3 Å². The Hall–Kier alpha value is -19.3. The Morgan fingerprint density at radius 2 is 0.507 bits per heavy atom. The van der Waals surface area contributed by atoms with Crippen LogP contribution in [0.25, 0.3) is 197 Å². The highest BCUT2D eigenvalue weighted by molar-refractivity contribution is 6.12. The Kier molecular flexibility index (Phi) is 26.8. The summed E-state index contributed by atoms with van der Waals surface area (Å²) in [6, 6.07) is 106. The molecule has 6 aromatic heterocycles. The molecule has 1 N–H and O–H groups in total. The fraction of sp³-hybridized carbons (Fsp3) is 0.0413. The Morgan fingerprint density at radius 3 is 0.822 bits per heavy atom. The second-order valence-corrected chi connectivity index (χ2v) is 33.3. The van der Waals surface area contributed by atoms with Crippen LogP contribution in [0.5, 0.6) is 23.0 Å². The maximum absolute atomic E-state index is 13.3. The molecule has 0 bridgehead atoms. The third-order valence-corrected chi connectivity index (χ3v) is 24.6. The second kappa shape index (κ2) is 40.9. The van der Waals surface area contributed by atoms with Gasteiger partial charge in [0.05, 0.1) is 91.0 Å². The van der Waals surface area contributed by atoms with Gasteiger partial charge < -0.3 is 50.6 Å². The van der Waals surface area contributed by atoms with Gasteiger partial charge in [-0.3, -0.25) is 33.6 Å². The minimum absolute atomic E-state index is 0.00806. The summed E-state index contributed by atoms with van der Waals surface area (Å²) < 4.78 is 131. The molecule has 24 aromatic rings. The van der Waals surface area contributed by atoms with Crippen molar-refractivity contribution in [1.29, 1.82) is 0 Å². The van der Waals surface area contributed by atoms with E-state index in [0.29, 0.717) is 127 Å². The molecule has 146 heavy (non-hydrogen) atoms. The number of carbonyl (C=O) groups is 2. The fourth-order valence-corrected chi connectivity index (χ4v) is 17.9. The van der Waals surface area contributed by atoms with Gasteiger partial charge in [-0.15, -0.1) is 13.2 Å². The van der Waals surface area contributed by atoms with E-state index in [9.17, 15) is 69.8 Å². The number of hydrogen-bond acceptors (Lipinski definition) is 19. The lowest BCUT2D eigenvalue weighted by molar-refractivity contribution is -0.274. The molecule has 0 aliphatic rings. The van der Waals surface area contributed by atoms with Gasteiger partial charge in [-0.25, -0.2) is 4.79 Å². The Balaban J connectivity index is 0.000000111. The molecule has 0 unspecified atom stereocenters. The quantitative estimate of drug-likeness (QED) is 0.0576. The summed E-state index contributed by atoms with van der Waals surface area (Å²) in [5.74, 6) is -0.335. The molecule has 0 aliphatic carbocycles. The van der Waals surface area contributed by atoms with E-state index in [1.807, 2.05) is 188 Å². The van der Waals surface area contributed by atoms with Crippen LogP contribution in [0.2, 0.25) is 0 Å². The third-order valence-electron chi connectivity index (χ3n) is 24.6. The van der Waals surface area contributed by atoms with Gasteiger partial charge in [0.15, 0.2) is 0 Å². The summed E-state index contributed by atoms with van der Waals surface area (Å²) in [6.07, 6.45) is -1.41. The van der Waals surface area contributed by atoms with Gasteiger partial charge in [0.1, 0.15) is 94.1 Å². The lowest BCUT2D eigenvalue weighted by Gasteiger charge is -2.13. The van der Waals surface area contributed by atoms with Crippen LogP contribution in [0.3, 0.4) is 0 Å². The zero-order chi connectivity index (χ0) is 102. The molecule has 0 spiro atoms. The van der Waals surface area contributed by atoms with Gasteiger partial charge in [-0.1, -0.05) is 291 Å². The third kappa shape index (κ3) is 19.1. The molecule has 0 aliphatic heterocycles. The summed E-state index contributed by atoms with van der Waals surface area (Å²) >= 11 is 0. The summed E-state index contributed by atoms with van der Waals surface area (Å²) in [5.41, 5.74) is 4.51. The van der Waals surface area contributed by atoms with Crippen molar-refractivity contribution in [3.63, 3.8) is 0 Å². The first kappa shape index (κ1) is 95.6. The zero-order valence-electron chi connectivity index (χ0n) is 77.2. The zero-order valence-corrected chi connectivity index (χ0v) is 77.2. The predicted molar refractivity (Wildman–Crippen MR) is 555 cm³/mol. The Morgan fingerprint density at radius 1 is 0.260 bits per heavy atom. The number of phenolic OH excluding ortho intramolecular Hbond substituents is 1. The standard InChI is InChI=1S/2C21H14O4.C20H11F3O3.C20H11F3O2.C20H14O3.C19H12O3/c1-24-21(23)16-9-5-4-8-15(16)17-12-25-18-11-10-13-6-2-3-7-14(13)19(18)20(17)22;1-13(22)25-18-9-5-4-8-16(18)17-12-24-19-11-10-14-6-2-3-7-15(14)20(19)21(17)23;21-20(22,23)26-16-8-4-3-7-14(16)15-11-25-17-10-9-12-5-1-2-6-13(12)18(17)19(15)24;21-20(22,23)16-8-4-3-7-14(16)15-11-25-17-10-9-12-5-1-2-6-13(12)18(17)19(15)24;1-22-17-9-5-4-8-15(17)16-12-23-18-11-10-13-6-2-3-7-14(13)19(18)20(16)21;20-16-8-4-3-7-14(16)15-11-22-17-10-9-12-5-1-2-6-13(12)18(17)19(15)21/h2*2-12H,1H3;1-11H;1-11H;2-12H,1H3;1-11,20H. The highest BCUT2D eigenvalue weighted by atomic mass is 19.4. The smallest absolute Gasteiger partial charge is 0.507 e. The van der Waals surface area contributed by atoms with E-state index in [1.54, 1.807) is 135 Å². The number of phenols is 1. The van der Waals surface area contributed by atoms with Crippen molar-refractivity contribution in [2.45, 2.75) is 19.5 Å². The van der Waals surface area contributed by atoms with Crippen LogP contribution in [0, 0.1) is 0 Å². The molecule has 716 valence electrons. The van der Waals surface area contributed by atoms with Crippen LogP contribution < -0.4 is 46.8 Å². The maximum Gasteiger partial charge on any atom is 0.573 e. The van der Waals surface area contributed by atoms with Crippen molar-refractivity contribution in [2.24, 2.45) is 0 Å². The highest BCUT2D eigenvalue weighted by Crippen LogP contribution is 2.42. The molecule has 24 rings (SSSR count). The monoisotopic (exact) mass is 1950 g/mol. The molecular formula is C121H76F6O19. The minimum Gasteiger partial charge on any atom is -0.507 e. The molecule has 6 heterocycles. The van der Waals surface area contributed by atoms with E-state index in [1.165, 1.54) is 75.5 Å². The molecule has 0 saturated heterocycles. The number of fused-ring (bicyclic) bond motifs is 18. The number of benzene rings is 18. The average Bonchev–Trinajstić information content (AvgIpc) is 0.779. The van der Waals surface area contributed by atoms with Crippen LogP contribution in [0.4, 0.5) is 26.3 Å². The number of hydrogen-bond donors (Lipinski definition) is 1. The number of para-hydroxylation sites is 4. The van der Waals surface area contributed by atoms with Crippen LogP contribution in [0.1, 0.15) is 22.8 Å². The summed E-state index contributed by atoms with van der Waals surface area (Å²) in [6.45, 7) is 1.33. The average molecular weight is 1950 g/mol. The van der Waals surface area contributed by atoms with Crippen LogP contribution in [-0.4, -0.2) is 37.6 Å². The van der Waals surface area contributed by atoms with Crippen molar-refractivity contribution in [3.05, 3.63) is 474 Å². The summed E-state index contributed by atoms with van der Waals surface area (Å²) in [4.78, 5) is 102. The van der Waals surface area contributed by atoms with Gasteiger partial charge >= 0.3 is 24.5 Å². The normalized spacial score (nSPS) is 11.3. The molecule has 0 atom stereocenters. The van der Waals surface area contributed by atoms with Crippen molar-refractivity contribution in [2.75, 3.05) is 14.2 Å². The number of aromatic hydroxyl groups is 1. The molecule has 0 saturated carbocycles. The molecule has 19 nitrogen and oxygen atoms in total. The number of esters is 2. The first-order chi connectivity index (χ1) is 70.8. The number of ether oxygens (including phenoxy) is 4. The van der Waals surface area contributed by atoms with Crippen molar-refractivity contribution in [1.82, 2.24) is 0 Å². The number of halogens is 6. The summed E-state index contributed by atoms with van der Waals surface area (Å²) in [5, 5.41) is 23.1. The van der Waals surface area contributed by atoms with E-state index in [-0.39, 0.29) is 55.1 Å². The lowest BCUT2D eigenvalue weighted by Crippen LogP contribution is -2.18. The number of rotatable bonds is 10. The molecule has 0 radical (unpaired) electrons. The van der Waals surface area contributed by atoms with Crippen LogP contribution in [0.15, 0.2) is 457 Å². The number of methoxy groups -OCH3 is 2. The SMILES string of the molecule is CC(=O)Oc1ccccc1-c1coc2ccc3ccccc3c2c1=O.COC(=O)c1ccccc1-c1coc2ccc3ccccc3c2c1=O.COc1ccccc1-c1coc2ccc3ccccc3c2c1=O.O=c1c(-c2ccccc2C(F)(F)F)coc2ccc3ccccc3c12.O=c1c(-c2ccccc2O)coc2ccc3ccccc3c12.O=c1c(-c2ccccc2OC(F)(F)F)coc2ccc3ccccc3c12. The maximum atomic E-state index is 13.3. The van der Waals surface area contributed by atoms with E-state index in [0.717, 1.165) is 84.1 Å². The first-order valence-corrected chi connectivity index (χ1v) is 45.3.